The van der Waals surface area contributed by atoms with Crippen LogP contribution in [0.15, 0.2) is 79.4 Å². The molecule has 0 amide bonds. The zero-order chi connectivity index (χ0) is 20.3. The van der Waals surface area contributed by atoms with Crippen molar-refractivity contribution in [2.45, 2.75) is 50.4 Å². The minimum absolute atomic E-state index is 0.357. The lowest BCUT2D eigenvalue weighted by Gasteiger charge is -2.26. The van der Waals surface area contributed by atoms with Gasteiger partial charge in [0.05, 0.1) is 0 Å². The summed E-state index contributed by atoms with van der Waals surface area (Å²) in [7, 11) is 0. The van der Waals surface area contributed by atoms with Gasteiger partial charge in [-0.2, -0.15) is 0 Å². The van der Waals surface area contributed by atoms with E-state index in [4.69, 9.17) is 0 Å². The largest absolute Gasteiger partial charge is 0.103 e. The Hall–Kier alpha value is -2.86. The number of benzene rings is 3. The minimum atomic E-state index is 0.357. The molecule has 2 unspecified atom stereocenters. The van der Waals surface area contributed by atoms with Gasteiger partial charge in [0.25, 0.3) is 0 Å². The Morgan fingerprint density at radius 3 is 2.67 bits per heavy atom. The van der Waals surface area contributed by atoms with Crippen LogP contribution in [0.4, 0.5) is 0 Å². The summed E-state index contributed by atoms with van der Waals surface area (Å²) in [6.07, 6.45) is 15.2. The maximum Gasteiger partial charge on any atom is 0.0167 e. The summed E-state index contributed by atoms with van der Waals surface area (Å²) < 4.78 is 0. The molecule has 1 radical (unpaired) electrons. The fourth-order valence-electron chi connectivity index (χ4n) is 5.39. The highest BCUT2D eigenvalue weighted by molar-refractivity contribution is 5.78. The van der Waals surface area contributed by atoms with Gasteiger partial charge in [0.1, 0.15) is 0 Å². The molecule has 3 aromatic rings. The molecule has 0 nitrogen and oxygen atoms in total. The average molecular weight is 390 g/mol. The normalized spacial score (nSPS) is 16.7. The summed E-state index contributed by atoms with van der Waals surface area (Å²) >= 11 is 0. The number of allylic oxidation sites excluding steroid dienone is 2. The van der Waals surface area contributed by atoms with Crippen molar-refractivity contribution in [1.29, 1.82) is 0 Å². The van der Waals surface area contributed by atoms with Crippen LogP contribution in [0.1, 0.15) is 71.8 Å². The van der Waals surface area contributed by atoms with E-state index in [-0.39, 0.29) is 0 Å². The highest BCUT2D eigenvalue weighted by Crippen LogP contribution is 2.47. The zero-order valence-corrected chi connectivity index (χ0v) is 17.6. The summed E-state index contributed by atoms with van der Waals surface area (Å²) in [6.45, 7) is 3.87. The summed E-state index contributed by atoms with van der Waals surface area (Å²) in [6, 6.07) is 24.7. The lowest BCUT2D eigenvalue weighted by atomic mass is 9.77. The predicted octanol–water partition coefficient (Wildman–Crippen LogP) is 8.09. The Labute approximate surface area is 181 Å². The molecule has 0 N–H and O–H groups in total. The number of rotatable bonds is 8. The Balaban J connectivity index is 1.50. The van der Waals surface area contributed by atoms with E-state index in [9.17, 15) is 0 Å². The molecule has 0 aromatic heterocycles. The zero-order valence-electron chi connectivity index (χ0n) is 17.6. The highest BCUT2D eigenvalue weighted by atomic mass is 14.3. The molecule has 5 rings (SSSR count). The second-order valence-electron chi connectivity index (χ2n) is 8.66. The second kappa shape index (κ2) is 8.48. The third kappa shape index (κ3) is 3.45. The molecule has 2 aliphatic rings. The molecule has 0 spiro atoms. The highest BCUT2D eigenvalue weighted by Gasteiger charge is 2.31. The van der Waals surface area contributed by atoms with E-state index in [0.29, 0.717) is 11.8 Å². The van der Waals surface area contributed by atoms with E-state index in [1.165, 1.54) is 59.1 Å². The van der Waals surface area contributed by atoms with Gasteiger partial charge in [-0.25, -0.2) is 0 Å². The van der Waals surface area contributed by atoms with E-state index in [0.717, 1.165) is 12.8 Å². The molecule has 30 heavy (non-hydrogen) atoms. The van der Waals surface area contributed by atoms with Gasteiger partial charge in [-0.05, 0) is 76.6 Å². The van der Waals surface area contributed by atoms with Crippen molar-refractivity contribution >= 4 is 6.08 Å². The first-order valence-corrected chi connectivity index (χ1v) is 11.4. The summed E-state index contributed by atoms with van der Waals surface area (Å²) in [5.74, 6) is 0.841. The average Bonchev–Trinajstić information content (AvgIpc) is 3.38. The van der Waals surface area contributed by atoms with Crippen LogP contribution in [0.5, 0.6) is 0 Å². The monoisotopic (exact) mass is 389 g/mol. The van der Waals surface area contributed by atoms with Gasteiger partial charge in [0.2, 0.25) is 0 Å². The number of unbranched alkanes of at least 4 members (excludes halogenated alkanes) is 3. The predicted molar refractivity (Wildman–Crippen MR) is 128 cm³/mol. The molecule has 149 valence electrons. The van der Waals surface area contributed by atoms with E-state index in [1.54, 1.807) is 5.56 Å². The molecular weight excluding hydrogens is 360 g/mol. The van der Waals surface area contributed by atoms with Crippen LogP contribution in [0.3, 0.4) is 0 Å². The topological polar surface area (TPSA) is 0 Å². The van der Waals surface area contributed by atoms with Crippen molar-refractivity contribution in [2.24, 2.45) is 0 Å². The lowest BCUT2D eigenvalue weighted by molar-refractivity contribution is 0.519. The quantitative estimate of drug-likeness (QED) is 0.211. The Kier molecular flexibility index (Phi) is 5.41. The van der Waals surface area contributed by atoms with Crippen LogP contribution < -0.4 is 0 Å². The van der Waals surface area contributed by atoms with Crippen molar-refractivity contribution < 1.29 is 0 Å². The minimum Gasteiger partial charge on any atom is -0.103 e. The molecule has 0 bridgehead atoms. The first-order valence-electron chi connectivity index (χ1n) is 11.4. The molecular formula is C30H29. The van der Waals surface area contributed by atoms with Crippen molar-refractivity contribution in [3.63, 3.8) is 0 Å². The SMILES string of the molecule is C=CCCCCCC(c1cccc2c1Cc1ccccc1-2)C1[C]=Cc2ccccc21. The summed E-state index contributed by atoms with van der Waals surface area (Å²) in [5, 5.41) is 0. The Bertz CT molecular complexity index is 1080. The third-order valence-corrected chi connectivity index (χ3v) is 6.86. The molecule has 0 heteroatoms. The van der Waals surface area contributed by atoms with E-state index in [1.807, 2.05) is 6.08 Å². The van der Waals surface area contributed by atoms with Crippen LogP contribution in [-0.4, -0.2) is 0 Å². The molecule has 0 aliphatic heterocycles. The number of fused-ring (bicyclic) bond motifs is 4. The van der Waals surface area contributed by atoms with Gasteiger partial charge < -0.3 is 0 Å². The number of hydrogen-bond acceptors (Lipinski definition) is 0. The molecule has 0 heterocycles. The van der Waals surface area contributed by atoms with E-state index >= 15 is 0 Å². The van der Waals surface area contributed by atoms with Crippen molar-refractivity contribution in [2.75, 3.05) is 0 Å². The number of hydrogen-bond donors (Lipinski definition) is 0. The fourth-order valence-corrected chi connectivity index (χ4v) is 5.39. The molecule has 0 saturated heterocycles. The Morgan fingerprint density at radius 1 is 0.900 bits per heavy atom. The summed E-state index contributed by atoms with van der Waals surface area (Å²) in [5.41, 5.74) is 10.2. The van der Waals surface area contributed by atoms with Gasteiger partial charge in [0.15, 0.2) is 0 Å². The first kappa shape index (κ1) is 19.1. The van der Waals surface area contributed by atoms with Crippen LogP contribution in [0, 0.1) is 6.08 Å². The van der Waals surface area contributed by atoms with Crippen LogP contribution >= 0.6 is 0 Å². The van der Waals surface area contributed by atoms with Crippen LogP contribution in [0.2, 0.25) is 0 Å². The van der Waals surface area contributed by atoms with Crippen LogP contribution in [0.25, 0.3) is 17.2 Å². The van der Waals surface area contributed by atoms with Gasteiger partial charge in [-0.15, -0.1) is 6.58 Å². The molecule has 2 aliphatic carbocycles. The molecule has 2 atom stereocenters. The smallest absolute Gasteiger partial charge is 0.0167 e. The van der Waals surface area contributed by atoms with Gasteiger partial charge >= 0.3 is 0 Å². The maximum atomic E-state index is 3.87. The van der Waals surface area contributed by atoms with E-state index in [2.05, 4.69) is 85.5 Å². The molecule has 0 saturated carbocycles. The molecule has 0 fully saturated rings. The van der Waals surface area contributed by atoms with Gasteiger partial charge in [-0.3, -0.25) is 0 Å². The third-order valence-electron chi connectivity index (χ3n) is 6.86. The fraction of sp³-hybridized carbons (Fsp3) is 0.267. The summed E-state index contributed by atoms with van der Waals surface area (Å²) in [4.78, 5) is 0. The lowest BCUT2D eigenvalue weighted by Crippen LogP contribution is -2.11. The Morgan fingerprint density at radius 2 is 1.73 bits per heavy atom. The van der Waals surface area contributed by atoms with Gasteiger partial charge in [0, 0.05) is 5.92 Å². The van der Waals surface area contributed by atoms with Crippen molar-refractivity contribution in [1.82, 2.24) is 0 Å². The van der Waals surface area contributed by atoms with Crippen molar-refractivity contribution in [3.8, 4) is 11.1 Å². The van der Waals surface area contributed by atoms with Gasteiger partial charge in [-0.1, -0.05) is 91.7 Å². The van der Waals surface area contributed by atoms with E-state index < -0.39 is 0 Å². The van der Waals surface area contributed by atoms with Crippen LogP contribution in [-0.2, 0) is 6.42 Å². The standard InChI is InChI=1S/C30H29/c1-2-3-4-5-6-16-27(29-20-19-22-12-7-9-14-24(22)29)28-18-11-17-26-25-15-10-8-13-23(25)21-30(26)28/h2,7-15,17-19,27,29H,1,3-6,16,21H2. The van der Waals surface area contributed by atoms with Crippen molar-refractivity contribution in [3.05, 3.63) is 113 Å². The molecule has 3 aromatic carbocycles. The first-order chi connectivity index (χ1) is 14.9. The maximum absolute atomic E-state index is 3.87. The second-order valence-corrected chi connectivity index (χ2v) is 8.66.